The molecule has 0 aliphatic carbocycles. The van der Waals surface area contributed by atoms with E-state index in [9.17, 15) is 9.59 Å². The summed E-state index contributed by atoms with van der Waals surface area (Å²) in [4.78, 5) is 23.8. The van der Waals surface area contributed by atoms with Gasteiger partial charge in [0.2, 0.25) is 0 Å². The minimum Gasteiger partial charge on any atom is -0.480 e. The lowest BCUT2D eigenvalue weighted by Crippen LogP contribution is -2.41. The largest absolute Gasteiger partial charge is 0.480 e. The van der Waals surface area contributed by atoms with Crippen LogP contribution in [0.15, 0.2) is 30.3 Å². The number of hydrogen-bond donors (Lipinski definition) is 1. The van der Waals surface area contributed by atoms with Crippen molar-refractivity contribution in [3.8, 4) is 0 Å². The van der Waals surface area contributed by atoms with E-state index in [4.69, 9.17) is 9.84 Å². The van der Waals surface area contributed by atoms with Crippen molar-refractivity contribution in [2.75, 3.05) is 6.61 Å². The first-order chi connectivity index (χ1) is 8.11. The molecule has 0 saturated carbocycles. The van der Waals surface area contributed by atoms with Crippen LogP contribution in [0.2, 0.25) is 0 Å². The van der Waals surface area contributed by atoms with Crippen molar-refractivity contribution in [2.24, 2.45) is 0 Å². The van der Waals surface area contributed by atoms with E-state index in [-0.39, 0.29) is 12.6 Å². The number of ether oxygens (including phenoxy) is 1. The smallest absolute Gasteiger partial charge is 0.411 e. The van der Waals surface area contributed by atoms with Crippen molar-refractivity contribution in [1.82, 2.24) is 4.90 Å². The second kappa shape index (κ2) is 4.45. The SMILES string of the molecule is CC(C(=O)O)N1C(=O)OCC1c1ccccc1. The molecule has 0 bridgehead atoms. The van der Waals surface area contributed by atoms with Crippen molar-refractivity contribution in [2.45, 2.75) is 19.0 Å². The van der Waals surface area contributed by atoms with Gasteiger partial charge in [0.1, 0.15) is 12.6 Å². The summed E-state index contributed by atoms with van der Waals surface area (Å²) in [5.41, 5.74) is 0.881. The molecule has 90 valence electrons. The summed E-state index contributed by atoms with van der Waals surface area (Å²) in [6.07, 6.45) is -0.575. The summed E-state index contributed by atoms with van der Waals surface area (Å²) < 4.78 is 4.93. The Morgan fingerprint density at radius 2 is 2.12 bits per heavy atom. The summed E-state index contributed by atoms with van der Waals surface area (Å²) in [6, 6.07) is 8.06. The highest BCUT2D eigenvalue weighted by molar-refractivity contribution is 5.81. The molecule has 1 amide bonds. The highest BCUT2D eigenvalue weighted by atomic mass is 16.6. The predicted molar refractivity (Wildman–Crippen MR) is 59.5 cm³/mol. The Balaban J connectivity index is 2.28. The monoisotopic (exact) mass is 235 g/mol. The van der Waals surface area contributed by atoms with Gasteiger partial charge in [-0.25, -0.2) is 9.59 Å². The predicted octanol–water partition coefficient (Wildman–Crippen LogP) is 1.65. The molecule has 1 fully saturated rings. The van der Waals surface area contributed by atoms with Gasteiger partial charge in [-0.2, -0.15) is 0 Å². The van der Waals surface area contributed by atoms with Gasteiger partial charge in [-0.15, -0.1) is 0 Å². The number of carboxylic acids is 1. The lowest BCUT2D eigenvalue weighted by Gasteiger charge is -2.25. The Bertz CT molecular complexity index is 431. The van der Waals surface area contributed by atoms with Gasteiger partial charge in [0.25, 0.3) is 0 Å². The van der Waals surface area contributed by atoms with E-state index >= 15 is 0 Å². The third-order valence-electron chi connectivity index (χ3n) is 2.87. The first-order valence-corrected chi connectivity index (χ1v) is 5.34. The molecule has 5 nitrogen and oxygen atoms in total. The fourth-order valence-corrected chi connectivity index (χ4v) is 1.91. The van der Waals surface area contributed by atoms with Gasteiger partial charge in [0, 0.05) is 0 Å². The number of cyclic esters (lactones) is 1. The quantitative estimate of drug-likeness (QED) is 0.865. The van der Waals surface area contributed by atoms with E-state index in [2.05, 4.69) is 0 Å². The molecule has 2 unspecified atom stereocenters. The second-order valence-electron chi connectivity index (χ2n) is 3.92. The van der Waals surface area contributed by atoms with Crippen molar-refractivity contribution < 1.29 is 19.4 Å². The molecular weight excluding hydrogens is 222 g/mol. The number of carbonyl (C=O) groups excluding carboxylic acids is 1. The van der Waals surface area contributed by atoms with Gasteiger partial charge in [-0.05, 0) is 12.5 Å². The Labute approximate surface area is 98.6 Å². The fraction of sp³-hybridized carbons (Fsp3) is 0.333. The second-order valence-corrected chi connectivity index (χ2v) is 3.92. The average molecular weight is 235 g/mol. The number of rotatable bonds is 3. The van der Waals surface area contributed by atoms with Crippen LogP contribution in [0, 0.1) is 0 Å². The molecule has 1 saturated heterocycles. The standard InChI is InChI=1S/C12H13NO4/c1-8(11(14)15)13-10(7-17-12(13)16)9-5-3-2-4-6-9/h2-6,8,10H,7H2,1H3,(H,14,15). The maximum atomic E-state index is 11.5. The first-order valence-electron chi connectivity index (χ1n) is 5.34. The summed E-state index contributed by atoms with van der Waals surface area (Å²) in [5, 5.41) is 8.98. The van der Waals surface area contributed by atoms with Crippen molar-refractivity contribution >= 4 is 12.1 Å². The number of hydrogen-bond acceptors (Lipinski definition) is 3. The lowest BCUT2D eigenvalue weighted by molar-refractivity contribution is -0.141. The van der Waals surface area contributed by atoms with Gasteiger partial charge < -0.3 is 9.84 Å². The van der Waals surface area contributed by atoms with E-state index in [1.165, 1.54) is 11.8 Å². The van der Waals surface area contributed by atoms with E-state index in [1.54, 1.807) is 0 Å². The zero-order valence-electron chi connectivity index (χ0n) is 9.37. The molecule has 5 heteroatoms. The molecule has 0 aromatic heterocycles. The number of carboxylic acid groups (broad SMARTS) is 1. The number of aliphatic carboxylic acids is 1. The zero-order chi connectivity index (χ0) is 12.4. The molecule has 17 heavy (non-hydrogen) atoms. The molecule has 0 radical (unpaired) electrons. The Kier molecular flexibility index (Phi) is 2.99. The number of carbonyl (C=O) groups is 2. The van der Waals surface area contributed by atoms with E-state index in [0.29, 0.717) is 0 Å². The van der Waals surface area contributed by atoms with Gasteiger partial charge in [0.15, 0.2) is 0 Å². The third kappa shape index (κ3) is 2.08. The van der Waals surface area contributed by atoms with Gasteiger partial charge in [0.05, 0.1) is 6.04 Å². The van der Waals surface area contributed by atoms with Crippen LogP contribution in [0.4, 0.5) is 4.79 Å². The molecule has 1 aliphatic rings. The van der Waals surface area contributed by atoms with Crippen LogP contribution in [-0.2, 0) is 9.53 Å². The van der Waals surface area contributed by atoms with Crippen LogP contribution in [0.25, 0.3) is 0 Å². The van der Waals surface area contributed by atoms with Crippen LogP contribution in [0.1, 0.15) is 18.5 Å². The van der Waals surface area contributed by atoms with Gasteiger partial charge in [-0.1, -0.05) is 30.3 Å². The molecule has 1 aromatic carbocycles. The fourth-order valence-electron chi connectivity index (χ4n) is 1.91. The maximum Gasteiger partial charge on any atom is 0.411 e. The first kappa shape index (κ1) is 11.4. The third-order valence-corrected chi connectivity index (χ3v) is 2.87. The Morgan fingerprint density at radius 3 is 2.71 bits per heavy atom. The van der Waals surface area contributed by atoms with Crippen molar-refractivity contribution in [3.05, 3.63) is 35.9 Å². The molecular formula is C12H13NO4. The highest BCUT2D eigenvalue weighted by Crippen LogP contribution is 2.29. The topological polar surface area (TPSA) is 66.8 Å². The van der Waals surface area contributed by atoms with Crippen LogP contribution < -0.4 is 0 Å². The Morgan fingerprint density at radius 1 is 1.47 bits per heavy atom. The van der Waals surface area contributed by atoms with E-state index in [1.807, 2.05) is 30.3 Å². The normalized spacial score (nSPS) is 21.1. The van der Waals surface area contributed by atoms with Crippen LogP contribution in [0.3, 0.4) is 0 Å². The van der Waals surface area contributed by atoms with Crippen LogP contribution in [-0.4, -0.2) is 34.7 Å². The molecule has 1 aromatic rings. The molecule has 2 rings (SSSR count). The number of benzene rings is 1. The minimum absolute atomic E-state index is 0.195. The summed E-state index contributed by atoms with van der Waals surface area (Å²) in [7, 11) is 0. The highest BCUT2D eigenvalue weighted by Gasteiger charge is 2.39. The lowest BCUT2D eigenvalue weighted by atomic mass is 10.1. The molecule has 2 atom stereocenters. The van der Waals surface area contributed by atoms with Gasteiger partial charge in [-0.3, -0.25) is 4.90 Å². The molecule has 0 spiro atoms. The number of amides is 1. The summed E-state index contributed by atoms with van der Waals surface area (Å²) >= 11 is 0. The van der Waals surface area contributed by atoms with Crippen molar-refractivity contribution in [1.29, 1.82) is 0 Å². The van der Waals surface area contributed by atoms with E-state index < -0.39 is 18.1 Å². The average Bonchev–Trinajstić information content (AvgIpc) is 2.71. The van der Waals surface area contributed by atoms with E-state index in [0.717, 1.165) is 5.56 Å². The molecule has 1 N–H and O–H groups in total. The summed E-state index contributed by atoms with van der Waals surface area (Å²) in [5.74, 6) is -1.04. The Hall–Kier alpha value is -2.04. The van der Waals surface area contributed by atoms with Crippen LogP contribution >= 0.6 is 0 Å². The molecule has 1 heterocycles. The van der Waals surface area contributed by atoms with Crippen LogP contribution in [0.5, 0.6) is 0 Å². The molecule has 1 aliphatic heterocycles. The summed E-state index contributed by atoms with van der Waals surface area (Å²) in [6.45, 7) is 1.67. The van der Waals surface area contributed by atoms with Gasteiger partial charge >= 0.3 is 12.1 Å². The van der Waals surface area contributed by atoms with Crippen molar-refractivity contribution in [3.63, 3.8) is 0 Å². The number of nitrogens with zero attached hydrogens (tertiary/aromatic N) is 1. The maximum absolute atomic E-state index is 11.5. The zero-order valence-corrected chi connectivity index (χ0v) is 9.37. The minimum atomic E-state index is -1.04.